The zero-order valence-electron chi connectivity index (χ0n) is 21.3. The topological polar surface area (TPSA) is 123 Å². The van der Waals surface area contributed by atoms with E-state index in [1.165, 1.54) is 11.0 Å². The van der Waals surface area contributed by atoms with Crippen molar-refractivity contribution >= 4 is 29.2 Å². The molecule has 0 bridgehead atoms. The summed E-state index contributed by atoms with van der Waals surface area (Å²) < 4.78 is 20.1. The predicted octanol–water partition coefficient (Wildman–Crippen LogP) is 2.72. The maximum atomic E-state index is 14.7. The largest absolute Gasteiger partial charge is 0.378 e. The number of halogens is 1. The van der Waals surface area contributed by atoms with Crippen LogP contribution in [0.4, 0.5) is 20.6 Å². The van der Waals surface area contributed by atoms with Crippen molar-refractivity contribution in [3.05, 3.63) is 24.0 Å². The first-order chi connectivity index (χ1) is 17.1. The SMILES string of the molecule is CC(C)(C)[C@H](NC(=O)Nc1ccc(N2CCOCC2)c(F)c1)C(=O)N(CC(=O)NO)CC1CCCC1. The quantitative estimate of drug-likeness (QED) is 0.317. The Labute approximate surface area is 211 Å². The Balaban J connectivity index is 1.70. The number of carbonyl (C=O) groups excluding carboxylic acids is 3. The van der Waals surface area contributed by atoms with Crippen molar-refractivity contribution < 1.29 is 28.7 Å². The molecule has 0 spiro atoms. The lowest BCUT2D eigenvalue weighted by molar-refractivity contribution is -0.142. The maximum absolute atomic E-state index is 14.7. The summed E-state index contributed by atoms with van der Waals surface area (Å²) in [7, 11) is 0. The summed E-state index contributed by atoms with van der Waals surface area (Å²) in [6.07, 6.45) is 4.07. The van der Waals surface area contributed by atoms with Gasteiger partial charge in [0.1, 0.15) is 18.4 Å². The molecule has 1 saturated heterocycles. The minimum absolute atomic E-state index is 0.254. The summed E-state index contributed by atoms with van der Waals surface area (Å²) in [6.45, 7) is 7.73. The number of ether oxygens (including phenoxy) is 1. The van der Waals surface area contributed by atoms with Gasteiger partial charge in [-0.15, -0.1) is 0 Å². The molecule has 3 rings (SSSR count). The van der Waals surface area contributed by atoms with E-state index in [0.29, 0.717) is 38.5 Å². The number of rotatable bonds is 8. The molecule has 1 saturated carbocycles. The highest BCUT2D eigenvalue weighted by atomic mass is 19.1. The molecule has 1 aromatic rings. The zero-order chi connectivity index (χ0) is 26.3. The van der Waals surface area contributed by atoms with Crippen LogP contribution in [0.15, 0.2) is 18.2 Å². The van der Waals surface area contributed by atoms with E-state index < -0.39 is 35.1 Å². The third kappa shape index (κ3) is 7.54. The number of morpholine rings is 1. The highest BCUT2D eigenvalue weighted by Gasteiger charge is 2.37. The molecule has 1 aliphatic carbocycles. The second-order valence-electron chi connectivity index (χ2n) is 10.6. The van der Waals surface area contributed by atoms with E-state index in [9.17, 15) is 18.8 Å². The fourth-order valence-electron chi connectivity index (χ4n) is 4.72. The van der Waals surface area contributed by atoms with Gasteiger partial charge in [0.25, 0.3) is 5.91 Å². The van der Waals surface area contributed by atoms with Crippen LogP contribution in [-0.2, 0) is 14.3 Å². The van der Waals surface area contributed by atoms with E-state index in [2.05, 4.69) is 10.6 Å². The Bertz CT molecular complexity index is 926. The highest BCUT2D eigenvalue weighted by Crippen LogP contribution is 2.28. The first-order valence-corrected chi connectivity index (χ1v) is 12.5. The molecule has 10 nitrogen and oxygen atoms in total. The molecule has 1 aromatic carbocycles. The number of hydrogen-bond donors (Lipinski definition) is 4. The molecular weight excluding hydrogens is 469 g/mol. The van der Waals surface area contributed by atoms with Crippen molar-refractivity contribution in [3.8, 4) is 0 Å². The molecule has 2 fully saturated rings. The Hall–Kier alpha value is -2.92. The number of nitrogens with zero attached hydrogens (tertiary/aromatic N) is 2. The number of amides is 4. The summed E-state index contributed by atoms with van der Waals surface area (Å²) in [6, 6.07) is 2.85. The van der Waals surface area contributed by atoms with Gasteiger partial charge in [-0.3, -0.25) is 14.8 Å². The molecule has 1 atom stereocenters. The van der Waals surface area contributed by atoms with E-state index in [1.54, 1.807) is 17.6 Å². The van der Waals surface area contributed by atoms with Gasteiger partial charge in [0.05, 0.1) is 18.9 Å². The van der Waals surface area contributed by atoms with Crippen LogP contribution in [0.3, 0.4) is 0 Å². The van der Waals surface area contributed by atoms with Crippen molar-refractivity contribution in [1.29, 1.82) is 0 Å². The second kappa shape index (κ2) is 12.4. The molecule has 2 aliphatic rings. The fraction of sp³-hybridized carbons (Fsp3) is 0.640. The lowest BCUT2D eigenvalue weighted by Crippen LogP contribution is -2.57. The van der Waals surface area contributed by atoms with Crippen LogP contribution >= 0.6 is 0 Å². The van der Waals surface area contributed by atoms with E-state index in [-0.39, 0.29) is 18.2 Å². The first-order valence-electron chi connectivity index (χ1n) is 12.5. The van der Waals surface area contributed by atoms with Crippen LogP contribution in [0.1, 0.15) is 46.5 Å². The Morgan fingerprint density at radius 3 is 2.44 bits per heavy atom. The molecule has 0 unspecified atom stereocenters. The molecule has 0 aromatic heterocycles. The molecule has 0 radical (unpaired) electrons. The average molecular weight is 508 g/mol. The van der Waals surface area contributed by atoms with E-state index >= 15 is 0 Å². The summed E-state index contributed by atoms with van der Waals surface area (Å²) >= 11 is 0. The van der Waals surface area contributed by atoms with Crippen molar-refractivity contribution in [2.24, 2.45) is 11.3 Å². The first kappa shape index (κ1) is 27.7. The van der Waals surface area contributed by atoms with Gasteiger partial charge in [-0.1, -0.05) is 33.6 Å². The average Bonchev–Trinajstić information content (AvgIpc) is 3.35. The van der Waals surface area contributed by atoms with Crippen LogP contribution in [-0.4, -0.2) is 73.4 Å². The summed E-state index contributed by atoms with van der Waals surface area (Å²) in [5.41, 5.74) is 1.60. The third-order valence-electron chi connectivity index (χ3n) is 6.67. The second-order valence-corrected chi connectivity index (χ2v) is 10.6. The Kier molecular flexibility index (Phi) is 9.49. The summed E-state index contributed by atoms with van der Waals surface area (Å²) in [5, 5.41) is 14.3. The van der Waals surface area contributed by atoms with Gasteiger partial charge in [-0.25, -0.2) is 14.7 Å². The lowest BCUT2D eigenvalue weighted by Gasteiger charge is -2.35. The number of hydrogen-bond acceptors (Lipinski definition) is 6. The number of anilines is 2. The lowest BCUT2D eigenvalue weighted by atomic mass is 9.85. The molecule has 4 amide bonds. The van der Waals surface area contributed by atoms with Gasteiger partial charge >= 0.3 is 6.03 Å². The maximum Gasteiger partial charge on any atom is 0.319 e. The van der Waals surface area contributed by atoms with Gasteiger partial charge in [-0.05, 0) is 42.4 Å². The Morgan fingerprint density at radius 2 is 1.86 bits per heavy atom. The molecular formula is C25H38FN5O5. The number of hydroxylamine groups is 1. The third-order valence-corrected chi connectivity index (χ3v) is 6.67. The van der Waals surface area contributed by atoms with Crippen molar-refractivity contribution in [2.75, 3.05) is 49.6 Å². The van der Waals surface area contributed by atoms with E-state index in [0.717, 1.165) is 25.7 Å². The number of carbonyl (C=O) groups is 3. The standard InChI is InChI=1S/C25H38FN5O5/c1-25(2,3)22(23(33)31(16-21(32)29-35)15-17-6-4-5-7-17)28-24(34)27-18-8-9-20(19(26)14-18)30-10-12-36-13-11-30/h8-9,14,17,22,35H,4-7,10-13,15-16H2,1-3H3,(H,29,32)(H2,27,28,34)/t22-/m1/s1. The van der Waals surface area contributed by atoms with Crippen LogP contribution in [0.5, 0.6) is 0 Å². The fourth-order valence-corrected chi connectivity index (χ4v) is 4.72. The minimum Gasteiger partial charge on any atom is -0.378 e. The van der Waals surface area contributed by atoms with Gasteiger partial charge in [0.15, 0.2) is 0 Å². The molecule has 1 heterocycles. The zero-order valence-corrected chi connectivity index (χ0v) is 21.3. The summed E-state index contributed by atoms with van der Waals surface area (Å²) in [5.74, 6) is -1.31. The minimum atomic E-state index is -0.956. The van der Waals surface area contributed by atoms with Crippen LogP contribution in [0, 0.1) is 17.2 Å². The predicted molar refractivity (Wildman–Crippen MR) is 133 cm³/mol. The van der Waals surface area contributed by atoms with E-state index in [4.69, 9.17) is 9.94 Å². The molecule has 4 N–H and O–H groups in total. The normalized spacial score (nSPS) is 17.4. The van der Waals surface area contributed by atoms with Gasteiger partial charge in [0.2, 0.25) is 5.91 Å². The number of urea groups is 1. The van der Waals surface area contributed by atoms with Crippen molar-refractivity contribution in [3.63, 3.8) is 0 Å². The smallest absolute Gasteiger partial charge is 0.319 e. The van der Waals surface area contributed by atoms with Crippen LogP contribution in [0.25, 0.3) is 0 Å². The van der Waals surface area contributed by atoms with Crippen molar-refractivity contribution in [2.45, 2.75) is 52.5 Å². The van der Waals surface area contributed by atoms with Gasteiger partial charge in [-0.2, -0.15) is 0 Å². The summed E-state index contributed by atoms with van der Waals surface area (Å²) in [4.78, 5) is 41.6. The van der Waals surface area contributed by atoms with Crippen LogP contribution in [0.2, 0.25) is 0 Å². The molecule has 200 valence electrons. The highest BCUT2D eigenvalue weighted by molar-refractivity contribution is 5.95. The van der Waals surface area contributed by atoms with Crippen molar-refractivity contribution in [1.82, 2.24) is 15.7 Å². The Morgan fingerprint density at radius 1 is 1.19 bits per heavy atom. The van der Waals surface area contributed by atoms with Crippen LogP contribution < -0.4 is 21.0 Å². The number of nitrogens with one attached hydrogen (secondary N) is 3. The van der Waals surface area contributed by atoms with Gasteiger partial charge < -0.3 is 25.2 Å². The van der Waals surface area contributed by atoms with Gasteiger partial charge in [0, 0.05) is 25.3 Å². The molecule has 36 heavy (non-hydrogen) atoms. The monoisotopic (exact) mass is 507 g/mol. The number of benzene rings is 1. The molecule has 11 heteroatoms. The molecule has 1 aliphatic heterocycles. The van der Waals surface area contributed by atoms with E-state index in [1.807, 2.05) is 25.7 Å².